The van der Waals surface area contributed by atoms with Crippen molar-refractivity contribution in [3.63, 3.8) is 0 Å². The van der Waals surface area contributed by atoms with Gasteiger partial charge in [-0.3, -0.25) is 9.98 Å². The van der Waals surface area contributed by atoms with Gasteiger partial charge in [0.2, 0.25) is 0 Å². The maximum absolute atomic E-state index is 6.23. The van der Waals surface area contributed by atoms with Crippen molar-refractivity contribution in [1.29, 1.82) is 0 Å². The Morgan fingerprint density at radius 2 is 1.44 bits per heavy atom. The van der Waals surface area contributed by atoms with E-state index in [4.69, 9.17) is 10.7 Å². The maximum atomic E-state index is 6.23. The van der Waals surface area contributed by atoms with Gasteiger partial charge in [-0.25, -0.2) is 0 Å². The van der Waals surface area contributed by atoms with Crippen molar-refractivity contribution >= 4 is 17.5 Å². The average Bonchev–Trinajstić information content (AvgIpc) is 3.20. The molecule has 2 heterocycles. The number of benzene rings is 2. The first-order valence-corrected chi connectivity index (χ1v) is 11.3. The maximum Gasteiger partial charge on any atom is 0.194 e. The SMILES string of the molecule is CNc1c(C2=NCCCCN=C(N)N2)c(-c2ccccc2)n(C(C)C)c1-c1ccccc1. The third-order valence-electron chi connectivity index (χ3n) is 5.67. The van der Waals surface area contributed by atoms with Gasteiger partial charge in [0.1, 0.15) is 5.84 Å². The Balaban J connectivity index is 2.08. The predicted molar refractivity (Wildman–Crippen MR) is 135 cm³/mol. The quantitative estimate of drug-likeness (QED) is 0.541. The van der Waals surface area contributed by atoms with Gasteiger partial charge in [0.05, 0.1) is 22.6 Å². The number of guanidine groups is 1. The number of hydrogen-bond donors (Lipinski definition) is 3. The molecule has 1 aliphatic heterocycles. The molecule has 32 heavy (non-hydrogen) atoms. The summed E-state index contributed by atoms with van der Waals surface area (Å²) >= 11 is 0. The van der Waals surface area contributed by atoms with Gasteiger partial charge >= 0.3 is 0 Å². The minimum absolute atomic E-state index is 0.226. The van der Waals surface area contributed by atoms with E-state index in [1.165, 1.54) is 0 Å². The van der Waals surface area contributed by atoms with Crippen molar-refractivity contribution in [2.45, 2.75) is 32.7 Å². The number of nitrogens with two attached hydrogens (primary N) is 1. The molecule has 2 aromatic carbocycles. The van der Waals surface area contributed by atoms with Gasteiger partial charge in [0.15, 0.2) is 5.96 Å². The standard InChI is InChI=1S/C26H32N6/c1-18(2)32-23(19-12-6-4-7-13-19)21(25-29-16-10-11-17-30-26(27)31-25)22(28-3)24(32)20-14-8-5-9-15-20/h4-9,12-15,18,28H,10-11,16-17H2,1-3H3,(H3,27,29,30,31). The molecule has 0 unspecified atom stereocenters. The molecule has 4 N–H and O–H groups in total. The Kier molecular flexibility index (Phi) is 6.59. The second kappa shape index (κ2) is 9.73. The van der Waals surface area contributed by atoms with E-state index in [-0.39, 0.29) is 6.04 Å². The van der Waals surface area contributed by atoms with Crippen LogP contribution < -0.4 is 16.4 Å². The number of anilines is 1. The molecule has 4 rings (SSSR count). The van der Waals surface area contributed by atoms with Crippen LogP contribution in [0.25, 0.3) is 22.5 Å². The highest BCUT2D eigenvalue weighted by Gasteiger charge is 2.29. The van der Waals surface area contributed by atoms with Crippen LogP contribution in [0.3, 0.4) is 0 Å². The molecular formula is C26H32N6. The van der Waals surface area contributed by atoms with Crippen LogP contribution in [0, 0.1) is 0 Å². The molecule has 0 amide bonds. The summed E-state index contributed by atoms with van der Waals surface area (Å²) in [7, 11) is 1.97. The van der Waals surface area contributed by atoms with Crippen molar-refractivity contribution in [2.24, 2.45) is 15.7 Å². The molecule has 1 aliphatic rings. The second-order valence-corrected chi connectivity index (χ2v) is 8.22. The van der Waals surface area contributed by atoms with Crippen LogP contribution in [-0.2, 0) is 0 Å². The Hall–Kier alpha value is -3.54. The summed E-state index contributed by atoms with van der Waals surface area (Å²) in [6, 6.07) is 21.2. The molecule has 0 saturated heterocycles. The van der Waals surface area contributed by atoms with Gasteiger partial charge in [-0.2, -0.15) is 0 Å². The van der Waals surface area contributed by atoms with Crippen molar-refractivity contribution in [3.8, 4) is 22.5 Å². The summed E-state index contributed by atoms with van der Waals surface area (Å²) in [6.45, 7) is 5.89. The molecule has 6 heteroatoms. The Morgan fingerprint density at radius 3 is 2.00 bits per heavy atom. The molecule has 0 bridgehead atoms. The van der Waals surface area contributed by atoms with E-state index < -0.39 is 0 Å². The summed E-state index contributed by atoms with van der Waals surface area (Å²) in [6.07, 6.45) is 1.96. The minimum atomic E-state index is 0.226. The highest BCUT2D eigenvalue weighted by atomic mass is 15.2. The van der Waals surface area contributed by atoms with Crippen molar-refractivity contribution in [3.05, 3.63) is 66.2 Å². The van der Waals surface area contributed by atoms with Gasteiger partial charge in [-0.05, 0) is 32.3 Å². The molecule has 0 fully saturated rings. The second-order valence-electron chi connectivity index (χ2n) is 8.22. The number of aromatic nitrogens is 1. The average molecular weight is 429 g/mol. The Morgan fingerprint density at radius 1 is 0.875 bits per heavy atom. The van der Waals surface area contributed by atoms with Crippen molar-refractivity contribution < 1.29 is 0 Å². The summed E-state index contributed by atoms with van der Waals surface area (Å²) in [5.74, 6) is 1.17. The van der Waals surface area contributed by atoms with Gasteiger partial charge in [-0.1, -0.05) is 60.7 Å². The van der Waals surface area contributed by atoms with Crippen LogP contribution in [0.5, 0.6) is 0 Å². The fourth-order valence-corrected chi connectivity index (χ4v) is 4.29. The number of nitrogens with zero attached hydrogens (tertiary/aromatic N) is 3. The summed E-state index contributed by atoms with van der Waals surface area (Å²) in [5, 5.41) is 6.80. The molecule has 1 aromatic heterocycles. The van der Waals surface area contributed by atoms with Gasteiger partial charge in [-0.15, -0.1) is 0 Å². The zero-order valence-corrected chi connectivity index (χ0v) is 19.1. The van der Waals surface area contributed by atoms with E-state index in [1.807, 2.05) is 19.2 Å². The lowest BCUT2D eigenvalue weighted by Crippen LogP contribution is -2.38. The molecule has 0 aliphatic carbocycles. The zero-order valence-electron chi connectivity index (χ0n) is 19.1. The lowest BCUT2D eigenvalue weighted by molar-refractivity contribution is 0.616. The van der Waals surface area contributed by atoms with Crippen LogP contribution >= 0.6 is 0 Å². The van der Waals surface area contributed by atoms with Crippen LogP contribution in [-0.4, -0.2) is 36.5 Å². The summed E-state index contributed by atoms with van der Waals surface area (Å²) in [5.41, 5.74) is 12.8. The monoisotopic (exact) mass is 428 g/mol. The first-order chi connectivity index (χ1) is 15.6. The molecule has 6 nitrogen and oxygen atoms in total. The first-order valence-electron chi connectivity index (χ1n) is 11.3. The van der Waals surface area contributed by atoms with E-state index >= 15 is 0 Å². The summed E-state index contributed by atoms with van der Waals surface area (Å²) in [4.78, 5) is 9.43. The number of rotatable bonds is 5. The lowest BCUT2D eigenvalue weighted by Gasteiger charge is -2.19. The minimum Gasteiger partial charge on any atom is -0.386 e. The molecule has 0 saturated carbocycles. The Bertz CT molecular complexity index is 1110. The van der Waals surface area contributed by atoms with Gasteiger partial charge < -0.3 is 20.9 Å². The van der Waals surface area contributed by atoms with E-state index in [9.17, 15) is 0 Å². The third kappa shape index (κ3) is 4.26. The number of amidine groups is 1. The van der Waals surface area contributed by atoms with Crippen LogP contribution in [0.1, 0.15) is 38.3 Å². The molecule has 166 valence electrons. The van der Waals surface area contributed by atoms with Crippen LogP contribution in [0.4, 0.5) is 5.69 Å². The molecule has 3 aromatic rings. The highest BCUT2D eigenvalue weighted by Crippen LogP contribution is 2.43. The predicted octanol–water partition coefficient (Wildman–Crippen LogP) is 4.89. The van der Waals surface area contributed by atoms with Gasteiger partial charge in [0.25, 0.3) is 0 Å². The van der Waals surface area contributed by atoms with Crippen molar-refractivity contribution in [2.75, 3.05) is 25.5 Å². The number of nitrogens with one attached hydrogen (secondary N) is 2. The topological polar surface area (TPSA) is 79.7 Å². The molecule has 0 spiro atoms. The first kappa shape index (κ1) is 21.7. The molecular weight excluding hydrogens is 396 g/mol. The normalized spacial score (nSPS) is 14.6. The smallest absolute Gasteiger partial charge is 0.194 e. The zero-order chi connectivity index (χ0) is 22.5. The third-order valence-corrected chi connectivity index (χ3v) is 5.67. The molecule has 0 atom stereocenters. The van der Waals surface area contributed by atoms with E-state index in [2.05, 4.69) is 82.6 Å². The van der Waals surface area contributed by atoms with Crippen LogP contribution in [0.2, 0.25) is 0 Å². The Labute approximate surface area is 190 Å². The lowest BCUT2D eigenvalue weighted by atomic mass is 10.0. The van der Waals surface area contributed by atoms with E-state index in [0.29, 0.717) is 12.5 Å². The van der Waals surface area contributed by atoms with E-state index in [0.717, 1.165) is 59.0 Å². The fraction of sp³-hybridized carbons (Fsp3) is 0.308. The molecule has 0 radical (unpaired) electrons. The van der Waals surface area contributed by atoms with E-state index in [1.54, 1.807) is 0 Å². The summed E-state index contributed by atoms with van der Waals surface area (Å²) < 4.78 is 2.40. The largest absolute Gasteiger partial charge is 0.386 e. The van der Waals surface area contributed by atoms with Gasteiger partial charge in [0, 0.05) is 31.7 Å². The fourth-order valence-electron chi connectivity index (χ4n) is 4.29. The number of aliphatic imine (C=N–C) groups is 2. The number of hydrogen-bond acceptors (Lipinski definition) is 5. The highest BCUT2D eigenvalue weighted by molar-refractivity contribution is 6.17. The van der Waals surface area contributed by atoms with Crippen LogP contribution in [0.15, 0.2) is 70.6 Å². The van der Waals surface area contributed by atoms with Crippen molar-refractivity contribution in [1.82, 2.24) is 9.88 Å².